The molecule has 0 spiro atoms. The van der Waals surface area contributed by atoms with Crippen LogP contribution in [0, 0.1) is 23.1 Å². The molecule has 7 heteroatoms. The second-order valence-electron chi connectivity index (χ2n) is 5.02. The van der Waals surface area contributed by atoms with Crippen molar-refractivity contribution in [1.82, 2.24) is 4.31 Å². The van der Waals surface area contributed by atoms with Crippen molar-refractivity contribution in [3.05, 3.63) is 29.6 Å². The van der Waals surface area contributed by atoms with Gasteiger partial charge in [0, 0.05) is 13.1 Å². The standard InChI is InChI=1S/C13H16FN3O2S/c1-10-3-2-6-17(9-10)20(18,19)16-12-4-5-13(14)11(7-12)8-15/h4-5,7,10,16H,2-3,6,9H2,1H3. The molecular weight excluding hydrogens is 281 g/mol. The van der Waals surface area contributed by atoms with Crippen molar-refractivity contribution in [1.29, 1.82) is 5.26 Å². The smallest absolute Gasteiger partial charge is 0.271 e. The molecule has 2 rings (SSSR count). The van der Waals surface area contributed by atoms with Crippen LogP contribution in [0.5, 0.6) is 0 Å². The molecule has 1 saturated heterocycles. The van der Waals surface area contributed by atoms with Gasteiger partial charge in [-0.3, -0.25) is 4.72 Å². The molecule has 1 unspecified atom stereocenters. The number of piperidine rings is 1. The SMILES string of the molecule is CC1CCCN(S(=O)(=O)Nc2ccc(F)c(C#N)c2)C1. The summed E-state index contributed by atoms with van der Waals surface area (Å²) in [6.07, 6.45) is 1.84. The lowest BCUT2D eigenvalue weighted by atomic mass is 10.0. The predicted molar refractivity (Wildman–Crippen MR) is 73.6 cm³/mol. The molecule has 0 amide bonds. The van der Waals surface area contributed by atoms with Crippen LogP contribution in [0.3, 0.4) is 0 Å². The fourth-order valence-electron chi connectivity index (χ4n) is 2.25. The van der Waals surface area contributed by atoms with Gasteiger partial charge in [0.05, 0.1) is 11.3 Å². The molecule has 1 aliphatic rings. The third-order valence-corrected chi connectivity index (χ3v) is 4.80. The maximum Gasteiger partial charge on any atom is 0.301 e. The molecule has 0 aromatic heterocycles. The summed E-state index contributed by atoms with van der Waals surface area (Å²) in [5.41, 5.74) is 0.0124. The van der Waals surface area contributed by atoms with Crippen molar-refractivity contribution in [3.63, 3.8) is 0 Å². The first-order valence-corrected chi connectivity index (χ1v) is 7.84. The first-order chi connectivity index (χ1) is 9.42. The van der Waals surface area contributed by atoms with Gasteiger partial charge in [-0.25, -0.2) is 4.39 Å². The van der Waals surface area contributed by atoms with Crippen molar-refractivity contribution in [3.8, 4) is 6.07 Å². The van der Waals surface area contributed by atoms with E-state index in [2.05, 4.69) is 4.72 Å². The molecule has 0 aliphatic carbocycles. The maximum absolute atomic E-state index is 13.2. The van der Waals surface area contributed by atoms with Gasteiger partial charge in [0.2, 0.25) is 0 Å². The zero-order chi connectivity index (χ0) is 14.8. The number of anilines is 1. The van der Waals surface area contributed by atoms with Gasteiger partial charge in [-0.15, -0.1) is 0 Å². The van der Waals surface area contributed by atoms with Crippen LogP contribution in [0.1, 0.15) is 25.3 Å². The van der Waals surface area contributed by atoms with E-state index in [9.17, 15) is 12.8 Å². The molecule has 1 aromatic rings. The van der Waals surface area contributed by atoms with Gasteiger partial charge in [-0.2, -0.15) is 18.0 Å². The van der Waals surface area contributed by atoms with E-state index >= 15 is 0 Å². The summed E-state index contributed by atoms with van der Waals surface area (Å²) < 4.78 is 41.4. The number of nitriles is 1. The molecule has 1 heterocycles. The lowest BCUT2D eigenvalue weighted by Gasteiger charge is -2.30. The highest BCUT2D eigenvalue weighted by atomic mass is 32.2. The number of nitrogens with zero attached hydrogens (tertiary/aromatic N) is 2. The Hall–Kier alpha value is -1.65. The summed E-state index contributed by atoms with van der Waals surface area (Å²) in [4.78, 5) is 0. The van der Waals surface area contributed by atoms with E-state index in [4.69, 9.17) is 5.26 Å². The van der Waals surface area contributed by atoms with Crippen LogP contribution in [0.2, 0.25) is 0 Å². The number of hydrogen-bond acceptors (Lipinski definition) is 3. The van der Waals surface area contributed by atoms with Crippen LogP contribution < -0.4 is 4.72 Å². The second-order valence-corrected chi connectivity index (χ2v) is 6.69. The lowest BCUT2D eigenvalue weighted by Crippen LogP contribution is -2.42. The van der Waals surface area contributed by atoms with Crippen LogP contribution in [-0.4, -0.2) is 25.8 Å². The highest BCUT2D eigenvalue weighted by molar-refractivity contribution is 7.90. The summed E-state index contributed by atoms with van der Waals surface area (Å²) in [7, 11) is -3.66. The number of nitrogens with one attached hydrogen (secondary N) is 1. The van der Waals surface area contributed by atoms with E-state index in [0.29, 0.717) is 19.0 Å². The lowest BCUT2D eigenvalue weighted by molar-refractivity contribution is 0.282. The fourth-order valence-corrected chi connectivity index (χ4v) is 3.63. The fraction of sp³-hybridized carbons (Fsp3) is 0.462. The monoisotopic (exact) mass is 297 g/mol. The summed E-state index contributed by atoms with van der Waals surface area (Å²) in [6.45, 7) is 2.96. The van der Waals surface area contributed by atoms with Crippen molar-refractivity contribution < 1.29 is 12.8 Å². The largest absolute Gasteiger partial charge is 0.301 e. The van der Waals surface area contributed by atoms with Crippen LogP contribution in [0.15, 0.2) is 18.2 Å². The zero-order valence-corrected chi connectivity index (χ0v) is 12.0. The van der Waals surface area contributed by atoms with Gasteiger partial charge in [-0.1, -0.05) is 6.92 Å². The van der Waals surface area contributed by atoms with Gasteiger partial charge in [-0.05, 0) is 37.0 Å². The van der Waals surface area contributed by atoms with E-state index in [1.165, 1.54) is 16.4 Å². The number of benzene rings is 1. The van der Waals surface area contributed by atoms with E-state index in [1.807, 2.05) is 6.92 Å². The third-order valence-electron chi connectivity index (χ3n) is 3.29. The quantitative estimate of drug-likeness (QED) is 0.928. The Morgan fingerprint density at radius 2 is 2.25 bits per heavy atom. The Morgan fingerprint density at radius 1 is 1.50 bits per heavy atom. The topological polar surface area (TPSA) is 73.2 Å². The summed E-state index contributed by atoms with van der Waals surface area (Å²) in [5, 5.41) is 8.75. The highest BCUT2D eigenvalue weighted by Gasteiger charge is 2.27. The summed E-state index contributed by atoms with van der Waals surface area (Å²) in [6, 6.07) is 5.26. The van der Waals surface area contributed by atoms with Gasteiger partial charge in [0.25, 0.3) is 0 Å². The van der Waals surface area contributed by atoms with Crippen molar-refractivity contribution in [2.75, 3.05) is 17.8 Å². The van der Waals surface area contributed by atoms with Crippen molar-refractivity contribution in [2.45, 2.75) is 19.8 Å². The van der Waals surface area contributed by atoms with Crippen LogP contribution >= 0.6 is 0 Å². The van der Waals surface area contributed by atoms with Crippen molar-refractivity contribution in [2.24, 2.45) is 5.92 Å². The molecule has 108 valence electrons. The average Bonchev–Trinajstić information content (AvgIpc) is 2.40. The second kappa shape index (κ2) is 5.77. The van der Waals surface area contributed by atoms with Crippen LogP contribution in [0.4, 0.5) is 10.1 Å². The predicted octanol–water partition coefficient (Wildman–Crippen LogP) is 2.09. The average molecular weight is 297 g/mol. The van der Waals surface area contributed by atoms with Crippen LogP contribution in [-0.2, 0) is 10.2 Å². The molecule has 1 aromatic carbocycles. The Labute approximate surface area is 118 Å². The molecular formula is C13H16FN3O2S. The van der Waals surface area contributed by atoms with E-state index < -0.39 is 16.0 Å². The van der Waals surface area contributed by atoms with Crippen LogP contribution in [0.25, 0.3) is 0 Å². The molecule has 1 N–H and O–H groups in total. The Bertz CT molecular complexity index is 640. The van der Waals surface area contributed by atoms with Gasteiger partial charge < -0.3 is 0 Å². The zero-order valence-electron chi connectivity index (χ0n) is 11.1. The van der Waals surface area contributed by atoms with E-state index in [0.717, 1.165) is 18.9 Å². The summed E-state index contributed by atoms with van der Waals surface area (Å²) in [5.74, 6) is -0.342. The summed E-state index contributed by atoms with van der Waals surface area (Å²) >= 11 is 0. The first-order valence-electron chi connectivity index (χ1n) is 6.40. The Kier molecular flexibility index (Phi) is 4.26. The normalized spacial score (nSPS) is 20.4. The van der Waals surface area contributed by atoms with E-state index in [1.54, 1.807) is 6.07 Å². The number of hydrogen-bond donors (Lipinski definition) is 1. The first kappa shape index (κ1) is 14.8. The number of rotatable bonds is 3. The third kappa shape index (κ3) is 3.26. The van der Waals surface area contributed by atoms with E-state index in [-0.39, 0.29) is 11.3 Å². The highest BCUT2D eigenvalue weighted by Crippen LogP contribution is 2.21. The molecule has 1 aliphatic heterocycles. The molecule has 0 saturated carbocycles. The maximum atomic E-state index is 13.2. The Balaban J connectivity index is 2.18. The molecule has 0 radical (unpaired) electrons. The van der Waals surface area contributed by atoms with Crippen molar-refractivity contribution >= 4 is 15.9 Å². The molecule has 20 heavy (non-hydrogen) atoms. The minimum Gasteiger partial charge on any atom is -0.271 e. The molecule has 1 atom stereocenters. The van der Waals surface area contributed by atoms with Gasteiger partial charge in [0.1, 0.15) is 11.9 Å². The molecule has 0 bridgehead atoms. The van der Waals surface area contributed by atoms with Gasteiger partial charge >= 0.3 is 10.2 Å². The minimum absolute atomic E-state index is 0.183. The van der Waals surface area contributed by atoms with Gasteiger partial charge in [0.15, 0.2) is 0 Å². The molecule has 5 nitrogen and oxygen atoms in total. The molecule has 1 fully saturated rings. The number of halogens is 1. The Morgan fingerprint density at radius 3 is 2.90 bits per heavy atom. The minimum atomic E-state index is -3.66.